The molecule has 12 heteroatoms. The summed E-state index contributed by atoms with van der Waals surface area (Å²) in [6.07, 6.45) is -4.66. The second kappa shape index (κ2) is 10.6. The number of nitrogens with one attached hydrogen (secondary N) is 1. The number of hydrogen-bond acceptors (Lipinski definition) is 4. The summed E-state index contributed by atoms with van der Waals surface area (Å²) in [5.74, 6) is -1.78. The van der Waals surface area contributed by atoms with Crippen LogP contribution in [0.2, 0.25) is 0 Å². The Kier molecular flexibility index (Phi) is 8.06. The first-order valence-electron chi connectivity index (χ1n) is 10.2. The lowest BCUT2D eigenvalue weighted by Gasteiger charge is -2.19. The third kappa shape index (κ3) is 6.31. The van der Waals surface area contributed by atoms with Crippen LogP contribution in [0.1, 0.15) is 29.7 Å². The fourth-order valence-electron chi connectivity index (χ4n) is 3.28. The van der Waals surface area contributed by atoms with Gasteiger partial charge in [0.15, 0.2) is 0 Å². The normalized spacial score (nSPS) is 12.5. The first-order chi connectivity index (χ1) is 16.4. The minimum Gasteiger partial charge on any atom is -0.375 e. The van der Waals surface area contributed by atoms with Gasteiger partial charge in [0.25, 0.3) is 0 Å². The van der Waals surface area contributed by atoms with Crippen molar-refractivity contribution in [3.63, 3.8) is 0 Å². The predicted octanol–water partition coefficient (Wildman–Crippen LogP) is 5.23. The minimum absolute atomic E-state index is 0.0149. The van der Waals surface area contributed by atoms with Gasteiger partial charge in [-0.3, -0.25) is 4.31 Å². The third-order valence-electron chi connectivity index (χ3n) is 5.30. The zero-order chi connectivity index (χ0) is 25.9. The van der Waals surface area contributed by atoms with Gasteiger partial charge in [0, 0.05) is 25.1 Å². The molecule has 0 aliphatic heterocycles. The molecule has 5 nitrogen and oxygen atoms in total. The lowest BCUT2D eigenvalue weighted by atomic mass is 10.00. The average molecular weight is 530 g/mol. The molecule has 0 fully saturated rings. The van der Waals surface area contributed by atoms with Crippen LogP contribution in [0.4, 0.5) is 27.6 Å². The van der Waals surface area contributed by atoms with Crippen LogP contribution in [0.5, 0.6) is 0 Å². The van der Waals surface area contributed by atoms with Crippen LogP contribution in [0, 0.1) is 11.6 Å². The molecule has 3 aromatic rings. The van der Waals surface area contributed by atoms with Crippen LogP contribution < -0.4 is 9.62 Å². The van der Waals surface area contributed by atoms with Crippen molar-refractivity contribution in [3.8, 4) is 11.3 Å². The van der Waals surface area contributed by atoms with Gasteiger partial charge in [-0.05, 0) is 53.6 Å². The number of anilines is 1. The van der Waals surface area contributed by atoms with Crippen molar-refractivity contribution in [1.29, 1.82) is 0 Å². The Morgan fingerprint density at radius 3 is 2.31 bits per heavy atom. The van der Waals surface area contributed by atoms with Gasteiger partial charge < -0.3 is 5.32 Å². The van der Waals surface area contributed by atoms with E-state index < -0.39 is 40.3 Å². The summed E-state index contributed by atoms with van der Waals surface area (Å²) >= 11 is 5.40. The molecule has 0 saturated carbocycles. The molecule has 1 N–H and O–H groups in total. The van der Waals surface area contributed by atoms with Crippen LogP contribution in [0.25, 0.3) is 11.3 Å². The Hall–Kier alpha value is -3.12. The molecule has 1 aromatic heterocycles. The Morgan fingerprint density at radius 1 is 1.09 bits per heavy atom. The summed E-state index contributed by atoms with van der Waals surface area (Å²) in [6.45, 7) is 1.72. The van der Waals surface area contributed by atoms with E-state index in [0.29, 0.717) is 16.7 Å². The molecule has 0 saturated heterocycles. The molecule has 1 unspecified atom stereocenters. The Labute approximate surface area is 205 Å². The number of pyridine rings is 1. The molecule has 0 bridgehead atoms. The van der Waals surface area contributed by atoms with E-state index in [1.54, 1.807) is 6.92 Å². The smallest absolute Gasteiger partial charge is 0.375 e. The second-order valence-corrected chi connectivity index (χ2v) is 9.14. The average Bonchev–Trinajstić information content (AvgIpc) is 2.81. The SMILES string of the molecule is CC(C(=S)NCc1ccc(C(F)(F)F)nc1-c1ccc(F)cc1)c1ccc(N(C)[SH](=O)=O)c(F)c1. The standard InChI is InChI=1S/C23H20F5N3O2S2/c1-13(15-5-9-19(18(25)11-15)31(2)35(32)33)22(34)29-12-16-6-10-20(23(26,27)28)30-21(16)14-3-7-17(24)8-4-14/h3-11,13,35H,12H2,1-2H3,(H,29,34). The van der Waals surface area contributed by atoms with E-state index in [2.05, 4.69) is 10.3 Å². The van der Waals surface area contributed by atoms with Crippen molar-refractivity contribution in [3.05, 3.63) is 83.1 Å². The molecular formula is C23H20F5N3O2S2. The summed E-state index contributed by atoms with van der Waals surface area (Å²) in [6, 6.07) is 11.1. The molecule has 1 atom stereocenters. The number of hydrogen-bond donors (Lipinski definition) is 2. The zero-order valence-electron chi connectivity index (χ0n) is 18.4. The van der Waals surface area contributed by atoms with Crippen LogP contribution in [0.15, 0.2) is 54.6 Å². The Balaban J connectivity index is 1.83. The molecule has 0 spiro atoms. The molecule has 186 valence electrons. The highest BCUT2D eigenvalue weighted by Gasteiger charge is 2.33. The summed E-state index contributed by atoms with van der Waals surface area (Å²) in [4.78, 5) is 4.03. The molecule has 0 aliphatic carbocycles. The number of benzene rings is 2. The second-order valence-electron chi connectivity index (χ2n) is 7.62. The van der Waals surface area contributed by atoms with Gasteiger partial charge in [-0.1, -0.05) is 31.3 Å². The van der Waals surface area contributed by atoms with Gasteiger partial charge in [-0.15, -0.1) is 0 Å². The van der Waals surface area contributed by atoms with Gasteiger partial charge in [0.2, 0.25) is 10.9 Å². The number of aromatic nitrogens is 1. The zero-order valence-corrected chi connectivity index (χ0v) is 20.1. The Bertz CT molecular complexity index is 1300. The van der Waals surface area contributed by atoms with E-state index in [-0.39, 0.29) is 22.9 Å². The molecule has 3 rings (SSSR count). The fourth-order valence-corrected chi connectivity index (χ4v) is 3.82. The largest absolute Gasteiger partial charge is 0.433 e. The van der Waals surface area contributed by atoms with Gasteiger partial charge >= 0.3 is 6.18 Å². The van der Waals surface area contributed by atoms with Crippen LogP contribution in [-0.4, -0.2) is 25.4 Å². The summed E-state index contributed by atoms with van der Waals surface area (Å²) in [5.41, 5.74) is -0.0172. The van der Waals surface area contributed by atoms with Crippen LogP contribution in [-0.2, 0) is 23.6 Å². The third-order valence-corrected chi connectivity index (χ3v) is 6.50. The van der Waals surface area contributed by atoms with E-state index in [1.165, 1.54) is 43.4 Å². The molecule has 2 aromatic carbocycles. The number of thiol groups is 1. The van der Waals surface area contributed by atoms with E-state index >= 15 is 0 Å². The molecule has 1 heterocycles. The highest BCUT2D eigenvalue weighted by molar-refractivity contribution is 7.80. The fraction of sp³-hybridized carbons (Fsp3) is 0.217. The van der Waals surface area contributed by atoms with Gasteiger partial charge in [-0.25, -0.2) is 22.2 Å². The quantitative estimate of drug-likeness (QED) is 0.249. The lowest BCUT2D eigenvalue weighted by molar-refractivity contribution is -0.141. The number of halogens is 5. The number of nitrogens with zero attached hydrogens (tertiary/aromatic N) is 2. The molecule has 0 radical (unpaired) electrons. The summed E-state index contributed by atoms with van der Waals surface area (Å²) < 4.78 is 90.4. The number of thiocarbonyl (C=S) groups is 1. The maximum Gasteiger partial charge on any atom is 0.433 e. The molecule has 0 aliphatic rings. The van der Waals surface area contributed by atoms with E-state index in [9.17, 15) is 30.4 Å². The van der Waals surface area contributed by atoms with Crippen LogP contribution >= 0.6 is 12.2 Å². The van der Waals surface area contributed by atoms with Crippen molar-refractivity contribution in [1.82, 2.24) is 10.3 Å². The minimum atomic E-state index is -4.66. The van der Waals surface area contributed by atoms with Crippen molar-refractivity contribution in [2.24, 2.45) is 0 Å². The highest BCUT2D eigenvalue weighted by Crippen LogP contribution is 2.31. The summed E-state index contributed by atoms with van der Waals surface area (Å²) in [7, 11) is -1.78. The van der Waals surface area contributed by atoms with Gasteiger partial charge in [0.1, 0.15) is 17.3 Å². The maximum absolute atomic E-state index is 14.4. The van der Waals surface area contributed by atoms with Crippen molar-refractivity contribution < 1.29 is 30.4 Å². The topological polar surface area (TPSA) is 62.3 Å². The number of rotatable bonds is 7. The van der Waals surface area contributed by atoms with Crippen molar-refractivity contribution in [2.45, 2.75) is 25.6 Å². The van der Waals surface area contributed by atoms with Gasteiger partial charge in [0.05, 0.1) is 16.4 Å². The van der Waals surface area contributed by atoms with Crippen molar-refractivity contribution in [2.75, 3.05) is 11.4 Å². The Morgan fingerprint density at radius 2 is 1.74 bits per heavy atom. The lowest BCUT2D eigenvalue weighted by Crippen LogP contribution is -2.26. The number of alkyl halides is 3. The first-order valence-corrected chi connectivity index (χ1v) is 11.7. The van der Waals surface area contributed by atoms with E-state index in [4.69, 9.17) is 12.2 Å². The van der Waals surface area contributed by atoms with E-state index in [1.807, 2.05) is 0 Å². The van der Waals surface area contributed by atoms with Gasteiger partial charge in [-0.2, -0.15) is 13.2 Å². The highest BCUT2D eigenvalue weighted by atomic mass is 32.2. The molecule has 35 heavy (non-hydrogen) atoms. The molecular weight excluding hydrogens is 509 g/mol. The molecule has 0 amide bonds. The van der Waals surface area contributed by atoms with Crippen LogP contribution in [0.3, 0.4) is 0 Å². The predicted molar refractivity (Wildman–Crippen MR) is 128 cm³/mol. The summed E-state index contributed by atoms with van der Waals surface area (Å²) in [5, 5.41) is 2.96. The monoisotopic (exact) mass is 529 g/mol. The maximum atomic E-state index is 14.4. The first kappa shape index (κ1) is 26.5. The van der Waals surface area contributed by atoms with E-state index in [0.717, 1.165) is 22.5 Å². The van der Waals surface area contributed by atoms with Crippen molar-refractivity contribution >= 4 is 33.8 Å².